The molecule has 4 heteroatoms. The minimum atomic E-state index is -0.264. The van der Waals surface area contributed by atoms with Gasteiger partial charge in [0.05, 0.1) is 5.69 Å². The van der Waals surface area contributed by atoms with E-state index in [0.717, 1.165) is 22.6 Å². The summed E-state index contributed by atoms with van der Waals surface area (Å²) in [6.45, 7) is 5.54. The first-order chi connectivity index (χ1) is 8.91. The molecule has 0 bridgehead atoms. The Morgan fingerprint density at radius 2 is 1.63 bits per heavy atom. The number of rotatable bonds is 2. The molecule has 1 aromatic carbocycles. The molecular formula is C15H17FN2O. The molecule has 1 aromatic heterocycles. The lowest BCUT2D eigenvalue weighted by molar-refractivity contribution is 0.462. The van der Waals surface area contributed by atoms with Gasteiger partial charge in [-0.3, -0.25) is 0 Å². The van der Waals surface area contributed by atoms with Gasteiger partial charge in [0.25, 0.3) is 0 Å². The van der Waals surface area contributed by atoms with Crippen molar-refractivity contribution >= 4 is 11.5 Å². The molecule has 0 amide bonds. The average molecular weight is 260 g/mol. The largest absolute Gasteiger partial charge is 0.506 e. The molecule has 3 nitrogen and oxygen atoms in total. The van der Waals surface area contributed by atoms with E-state index in [1.807, 2.05) is 25.8 Å². The van der Waals surface area contributed by atoms with Crippen molar-refractivity contribution < 1.29 is 9.50 Å². The summed E-state index contributed by atoms with van der Waals surface area (Å²) in [6.07, 6.45) is 0. The van der Waals surface area contributed by atoms with Gasteiger partial charge in [-0.05, 0) is 56.2 Å². The Morgan fingerprint density at radius 3 is 2.21 bits per heavy atom. The predicted molar refractivity (Wildman–Crippen MR) is 74.6 cm³/mol. The molecule has 1 N–H and O–H groups in total. The quantitative estimate of drug-likeness (QED) is 0.896. The standard InChI is InChI=1S/C15H17FN2O/c1-9-10(2)15(17-11(3)14(9)19)18(4)13-7-5-12(16)6-8-13/h5-8,19H,1-4H3. The molecule has 0 fully saturated rings. The summed E-state index contributed by atoms with van der Waals surface area (Å²) in [5.74, 6) is 0.730. The molecule has 2 aromatic rings. The van der Waals surface area contributed by atoms with E-state index in [2.05, 4.69) is 4.98 Å². The Balaban J connectivity index is 2.50. The van der Waals surface area contributed by atoms with Crippen molar-refractivity contribution in [2.75, 3.05) is 11.9 Å². The Bertz CT molecular complexity index is 609. The van der Waals surface area contributed by atoms with Crippen LogP contribution < -0.4 is 4.90 Å². The summed E-state index contributed by atoms with van der Waals surface area (Å²) in [4.78, 5) is 6.30. The number of aromatic hydroxyl groups is 1. The topological polar surface area (TPSA) is 36.4 Å². The summed E-state index contributed by atoms with van der Waals surface area (Å²) in [5.41, 5.74) is 3.17. The van der Waals surface area contributed by atoms with Gasteiger partial charge < -0.3 is 10.0 Å². The third kappa shape index (κ3) is 2.38. The van der Waals surface area contributed by atoms with Crippen molar-refractivity contribution in [1.82, 2.24) is 4.98 Å². The van der Waals surface area contributed by atoms with Crippen LogP contribution in [0.1, 0.15) is 16.8 Å². The summed E-state index contributed by atoms with van der Waals surface area (Å²) < 4.78 is 12.9. The molecule has 19 heavy (non-hydrogen) atoms. The third-order valence-electron chi connectivity index (χ3n) is 3.40. The number of pyridine rings is 1. The minimum Gasteiger partial charge on any atom is -0.506 e. The van der Waals surface area contributed by atoms with Gasteiger partial charge in [-0.2, -0.15) is 0 Å². The predicted octanol–water partition coefficient (Wildman–Crippen LogP) is 3.62. The fraction of sp³-hybridized carbons (Fsp3) is 0.267. The fourth-order valence-corrected chi connectivity index (χ4v) is 2.03. The van der Waals surface area contributed by atoms with Gasteiger partial charge in [0.15, 0.2) is 0 Å². The van der Waals surface area contributed by atoms with Crippen LogP contribution in [0.2, 0.25) is 0 Å². The van der Waals surface area contributed by atoms with Gasteiger partial charge in [-0.1, -0.05) is 0 Å². The van der Waals surface area contributed by atoms with Gasteiger partial charge >= 0.3 is 0 Å². The van der Waals surface area contributed by atoms with Gasteiger partial charge in [0.2, 0.25) is 0 Å². The number of nitrogens with zero attached hydrogens (tertiary/aromatic N) is 2. The lowest BCUT2D eigenvalue weighted by atomic mass is 10.1. The van der Waals surface area contributed by atoms with E-state index >= 15 is 0 Å². The highest BCUT2D eigenvalue weighted by Crippen LogP contribution is 2.32. The molecule has 0 spiro atoms. The molecule has 0 unspecified atom stereocenters. The first kappa shape index (κ1) is 13.3. The number of aryl methyl sites for hydroxylation is 1. The average Bonchev–Trinajstić information content (AvgIpc) is 2.40. The van der Waals surface area contributed by atoms with Gasteiger partial charge in [0.1, 0.15) is 17.4 Å². The van der Waals surface area contributed by atoms with Crippen LogP contribution in [0.5, 0.6) is 5.75 Å². The van der Waals surface area contributed by atoms with Crippen LogP contribution in [0.4, 0.5) is 15.9 Å². The summed E-state index contributed by atoms with van der Waals surface area (Å²) in [7, 11) is 1.87. The highest BCUT2D eigenvalue weighted by Gasteiger charge is 2.15. The maximum Gasteiger partial charge on any atom is 0.140 e. The molecule has 2 rings (SSSR count). The van der Waals surface area contributed by atoms with E-state index in [1.54, 1.807) is 19.1 Å². The van der Waals surface area contributed by atoms with Crippen LogP contribution in [-0.4, -0.2) is 17.1 Å². The second-order valence-corrected chi connectivity index (χ2v) is 4.65. The molecule has 0 saturated carbocycles. The van der Waals surface area contributed by atoms with Crippen LogP contribution >= 0.6 is 0 Å². The first-order valence-corrected chi connectivity index (χ1v) is 6.08. The van der Waals surface area contributed by atoms with Crippen molar-refractivity contribution in [2.24, 2.45) is 0 Å². The number of hydrogen-bond donors (Lipinski definition) is 1. The van der Waals surface area contributed by atoms with E-state index in [-0.39, 0.29) is 11.6 Å². The summed E-state index contributed by atoms with van der Waals surface area (Å²) in [6, 6.07) is 6.24. The van der Waals surface area contributed by atoms with Gasteiger partial charge in [-0.25, -0.2) is 9.37 Å². The van der Waals surface area contributed by atoms with Crippen molar-refractivity contribution in [3.8, 4) is 5.75 Å². The van der Waals surface area contributed by atoms with Crippen molar-refractivity contribution in [1.29, 1.82) is 0 Å². The Kier molecular flexibility index (Phi) is 3.42. The van der Waals surface area contributed by atoms with Crippen LogP contribution in [0.15, 0.2) is 24.3 Å². The van der Waals surface area contributed by atoms with Crippen LogP contribution in [0, 0.1) is 26.6 Å². The molecule has 100 valence electrons. The Morgan fingerprint density at radius 1 is 1.05 bits per heavy atom. The Hall–Kier alpha value is -2.10. The molecule has 0 atom stereocenters. The Labute approximate surface area is 112 Å². The molecule has 1 heterocycles. The maximum atomic E-state index is 12.9. The van der Waals surface area contributed by atoms with Crippen molar-refractivity contribution in [3.63, 3.8) is 0 Å². The van der Waals surface area contributed by atoms with Crippen molar-refractivity contribution in [3.05, 3.63) is 46.9 Å². The number of aromatic nitrogens is 1. The zero-order chi connectivity index (χ0) is 14.2. The molecule has 0 aliphatic rings. The van der Waals surface area contributed by atoms with E-state index in [0.29, 0.717) is 5.69 Å². The highest BCUT2D eigenvalue weighted by atomic mass is 19.1. The lowest BCUT2D eigenvalue weighted by Gasteiger charge is -2.22. The van der Waals surface area contributed by atoms with E-state index in [9.17, 15) is 9.50 Å². The van der Waals surface area contributed by atoms with E-state index < -0.39 is 0 Å². The normalized spacial score (nSPS) is 10.6. The lowest BCUT2D eigenvalue weighted by Crippen LogP contribution is -2.14. The molecule has 0 aliphatic heterocycles. The SMILES string of the molecule is Cc1nc(N(C)c2ccc(F)cc2)c(C)c(C)c1O. The number of halogens is 1. The van der Waals surface area contributed by atoms with E-state index in [1.165, 1.54) is 12.1 Å². The second kappa shape index (κ2) is 4.88. The number of anilines is 2. The van der Waals surface area contributed by atoms with Crippen LogP contribution in [0.25, 0.3) is 0 Å². The van der Waals surface area contributed by atoms with Crippen molar-refractivity contribution in [2.45, 2.75) is 20.8 Å². The van der Waals surface area contributed by atoms with Gasteiger partial charge in [-0.15, -0.1) is 0 Å². The fourth-order valence-electron chi connectivity index (χ4n) is 2.03. The summed E-state index contributed by atoms with van der Waals surface area (Å²) in [5, 5.41) is 9.87. The van der Waals surface area contributed by atoms with E-state index in [4.69, 9.17) is 0 Å². The monoisotopic (exact) mass is 260 g/mol. The van der Waals surface area contributed by atoms with Crippen LogP contribution in [-0.2, 0) is 0 Å². The molecule has 0 aliphatic carbocycles. The number of benzene rings is 1. The molecule has 0 radical (unpaired) electrons. The minimum absolute atomic E-state index is 0.230. The molecule has 0 saturated heterocycles. The summed E-state index contributed by atoms with van der Waals surface area (Å²) >= 11 is 0. The third-order valence-corrected chi connectivity index (χ3v) is 3.40. The zero-order valence-electron chi connectivity index (χ0n) is 11.5. The second-order valence-electron chi connectivity index (χ2n) is 4.65. The number of hydrogen-bond acceptors (Lipinski definition) is 3. The maximum absolute atomic E-state index is 12.9. The first-order valence-electron chi connectivity index (χ1n) is 6.08. The smallest absolute Gasteiger partial charge is 0.140 e. The highest BCUT2D eigenvalue weighted by molar-refractivity contribution is 5.65. The van der Waals surface area contributed by atoms with Crippen LogP contribution in [0.3, 0.4) is 0 Å². The zero-order valence-corrected chi connectivity index (χ0v) is 11.5. The van der Waals surface area contributed by atoms with Gasteiger partial charge in [0, 0.05) is 12.7 Å². The molecular weight excluding hydrogens is 243 g/mol.